The summed E-state index contributed by atoms with van der Waals surface area (Å²) in [6, 6.07) is 6.35. The number of nitrogens with zero attached hydrogens (tertiary/aromatic N) is 2. The lowest BCUT2D eigenvalue weighted by Crippen LogP contribution is -2.27. The Bertz CT molecular complexity index is 936. The number of aryl methyl sites for hydroxylation is 3. The number of hydrogen-bond donors (Lipinski definition) is 0. The molecule has 4 nitrogen and oxygen atoms in total. The van der Waals surface area contributed by atoms with Crippen LogP contribution in [-0.2, 0) is 4.79 Å². The summed E-state index contributed by atoms with van der Waals surface area (Å²) in [5.74, 6) is -0.206. The minimum absolute atomic E-state index is 0.197. The van der Waals surface area contributed by atoms with Crippen LogP contribution in [0.25, 0.3) is 11.8 Å². The Morgan fingerprint density at radius 2 is 1.69 bits per heavy atom. The maximum Gasteiger partial charge on any atom is 0.293 e. The molecule has 136 valence electrons. The van der Waals surface area contributed by atoms with E-state index in [1.807, 2.05) is 19.9 Å². The number of aromatic nitrogens is 1. The molecule has 1 aliphatic heterocycles. The van der Waals surface area contributed by atoms with Gasteiger partial charge in [0.15, 0.2) is 0 Å². The molecular weight excluding hydrogens is 412 g/mol. The average molecular weight is 433 g/mol. The van der Waals surface area contributed by atoms with E-state index in [1.165, 1.54) is 16.0 Å². The Morgan fingerprint density at radius 3 is 2.23 bits per heavy atom. The third-order valence-corrected chi connectivity index (χ3v) is 6.78. The molecule has 26 heavy (non-hydrogen) atoms. The van der Waals surface area contributed by atoms with Gasteiger partial charge in [0, 0.05) is 28.1 Å². The number of likely N-dealkylation sites (N-methyl/N-ethyl adjacent to an activating group) is 1. The zero-order valence-electron chi connectivity index (χ0n) is 15.5. The fourth-order valence-electron chi connectivity index (χ4n) is 3.30. The molecule has 1 aromatic heterocycles. The molecule has 2 heterocycles. The third kappa shape index (κ3) is 3.16. The second-order valence-electron chi connectivity index (χ2n) is 6.48. The Kier molecular flexibility index (Phi) is 5.17. The lowest BCUT2D eigenvalue weighted by molar-refractivity contribution is -0.122. The summed E-state index contributed by atoms with van der Waals surface area (Å²) in [6.07, 6.45) is 1.83. The van der Waals surface area contributed by atoms with Crippen molar-refractivity contribution >= 4 is 44.9 Å². The zero-order chi connectivity index (χ0) is 19.2. The van der Waals surface area contributed by atoms with Gasteiger partial charge in [-0.2, -0.15) is 0 Å². The van der Waals surface area contributed by atoms with E-state index in [1.54, 1.807) is 0 Å². The normalized spacial score (nSPS) is 16.2. The van der Waals surface area contributed by atoms with Gasteiger partial charge in [0.1, 0.15) is 0 Å². The van der Waals surface area contributed by atoms with Crippen LogP contribution in [0, 0.1) is 27.7 Å². The van der Waals surface area contributed by atoms with Gasteiger partial charge in [-0.1, -0.05) is 15.9 Å². The van der Waals surface area contributed by atoms with Crippen molar-refractivity contribution in [3.05, 3.63) is 55.7 Å². The fraction of sp³-hybridized carbons (Fsp3) is 0.300. The van der Waals surface area contributed by atoms with Crippen LogP contribution in [0.2, 0.25) is 0 Å². The lowest BCUT2D eigenvalue weighted by Gasteiger charge is -2.13. The molecule has 0 radical (unpaired) electrons. The highest BCUT2D eigenvalue weighted by atomic mass is 79.9. The highest BCUT2D eigenvalue weighted by molar-refractivity contribution is 9.10. The molecular formula is C20H21BrN2O2S. The van der Waals surface area contributed by atoms with Crippen molar-refractivity contribution in [2.45, 2.75) is 34.6 Å². The van der Waals surface area contributed by atoms with Crippen LogP contribution < -0.4 is 0 Å². The number of amides is 2. The van der Waals surface area contributed by atoms with Crippen molar-refractivity contribution < 1.29 is 9.59 Å². The van der Waals surface area contributed by atoms with Crippen molar-refractivity contribution in [2.24, 2.45) is 0 Å². The molecule has 0 unspecified atom stereocenters. The van der Waals surface area contributed by atoms with Gasteiger partial charge < -0.3 is 4.57 Å². The van der Waals surface area contributed by atoms with E-state index in [0.29, 0.717) is 11.4 Å². The summed E-state index contributed by atoms with van der Waals surface area (Å²) >= 11 is 4.63. The number of carbonyl (C=O) groups excluding carboxylic acids is 2. The minimum atomic E-state index is -0.206. The number of rotatable bonds is 3. The summed E-state index contributed by atoms with van der Waals surface area (Å²) in [4.78, 5) is 26.0. The Balaban J connectivity index is 2.06. The van der Waals surface area contributed by atoms with Gasteiger partial charge in [-0.25, -0.2) is 0 Å². The average Bonchev–Trinajstić information content (AvgIpc) is 3.00. The van der Waals surface area contributed by atoms with Gasteiger partial charge >= 0.3 is 0 Å². The summed E-state index contributed by atoms with van der Waals surface area (Å²) in [5, 5.41) is -0.197. The summed E-state index contributed by atoms with van der Waals surface area (Å²) in [6.45, 7) is 10.5. The molecule has 0 bridgehead atoms. The van der Waals surface area contributed by atoms with Crippen molar-refractivity contribution in [1.29, 1.82) is 0 Å². The van der Waals surface area contributed by atoms with E-state index in [-0.39, 0.29) is 11.1 Å². The first-order valence-corrected chi connectivity index (χ1v) is 10.1. The zero-order valence-corrected chi connectivity index (χ0v) is 17.9. The number of thioether (sulfide) groups is 1. The van der Waals surface area contributed by atoms with Crippen molar-refractivity contribution in [1.82, 2.24) is 9.47 Å². The highest BCUT2D eigenvalue weighted by Gasteiger charge is 2.33. The second kappa shape index (κ2) is 7.08. The standard InChI is InChI=1S/C20H21BrN2O2S/c1-6-22-19(24)17(26-20(22)25)10-15-9-13(4)23(14(15)5)16-7-11(2)18(21)12(3)8-16/h7-10H,6H2,1-5H3/b17-10-. The second-order valence-corrected chi connectivity index (χ2v) is 8.27. The van der Waals surface area contributed by atoms with Crippen LogP contribution in [0.4, 0.5) is 4.79 Å². The molecule has 1 saturated heterocycles. The molecule has 0 aliphatic carbocycles. The number of imide groups is 1. The molecule has 6 heteroatoms. The van der Waals surface area contributed by atoms with Gasteiger partial charge in [0.05, 0.1) is 4.91 Å². The van der Waals surface area contributed by atoms with Crippen molar-refractivity contribution in [3.8, 4) is 5.69 Å². The van der Waals surface area contributed by atoms with Crippen LogP contribution in [0.5, 0.6) is 0 Å². The number of hydrogen-bond acceptors (Lipinski definition) is 3. The largest absolute Gasteiger partial charge is 0.318 e. The molecule has 2 aromatic rings. The van der Waals surface area contributed by atoms with Gasteiger partial charge in [-0.3, -0.25) is 14.5 Å². The Morgan fingerprint density at radius 1 is 1.08 bits per heavy atom. The van der Waals surface area contributed by atoms with Crippen molar-refractivity contribution in [2.75, 3.05) is 6.54 Å². The van der Waals surface area contributed by atoms with E-state index in [0.717, 1.165) is 38.9 Å². The van der Waals surface area contributed by atoms with Gasteiger partial charge in [0.25, 0.3) is 11.1 Å². The monoisotopic (exact) mass is 432 g/mol. The third-order valence-electron chi connectivity index (χ3n) is 4.63. The van der Waals surface area contributed by atoms with E-state index >= 15 is 0 Å². The molecule has 0 N–H and O–H groups in total. The van der Waals surface area contributed by atoms with Crippen LogP contribution in [0.15, 0.2) is 27.6 Å². The molecule has 3 rings (SSSR count). The summed E-state index contributed by atoms with van der Waals surface area (Å²) < 4.78 is 3.31. The van der Waals surface area contributed by atoms with E-state index in [9.17, 15) is 9.59 Å². The predicted octanol–water partition coefficient (Wildman–Crippen LogP) is 5.53. The first-order valence-electron chi connectivity index (χ1n) is 8.46. The molecule has 1 aromatic carbocycles. The predicted molar refractivity (Wildman–Crippen MR) is 111 cm³/mol. The van der Waals surface area contributed by atoms with Crippen LogP contribution in [0.3, 0.4) is 0 Å². The van der Waals surface area contributed by atoms with Crippen LogP contribution in [-0.4, -0.2) is 27.2 Å². The van der Waals surface area contributed by atoms with Crippen molar-refractivity contribution in [3.63, 3.8) is 0 Å². The fourth-order valence-corrected chi connectivity index (χ4v) is 4.42. The van der Waals surface area contributed by atoms with Gasteiger partial charge in [-0.15, -0.1) is 0 Å². The number of benzene rings is 1. The van der Waals surface area contributed by atoms with E-state index in [4.69, 9.17) is 0 Å². The molecule has 0 saturated carbocycles. The maximum atomic E-state index is 12.4. The number of halogens is 1. The lowest BCUT2D eigenvalue weighted by atomic mass is 10.1. The first kappa shape index (κ1) is 19.0. The maximum absolute atomic E-state index is 12.4. The van der Waals surface area contributed by atoms with Gasteiger partial charge in [0.2, 0.25) is 0 Å². The van der Waals surface area contributed by atoms with Gasteiger partial charge in [-0.05, 0) is 87.3 Å². The SMILES string of the molecule is CCN1C(=O)S/C(=C\c2cc(C)n(-c3cc(C)c(Br)c(C)c3)c2C)C1=O. The molecule has 2 amide bonds. The van der Waals surface area contributed by atoms with Crippen LogP contribution in [0.1, 0.15) is 35.0 Å². The quantitative estimate of drug-likeness (QED) is 0.598. The Labute approximate surface area is 166 Å². The topological polar surface area (TPSA) is 42.3 Å². The molecule has 0 spiro atoms. The van der Waals surface area contributed by atoms with E-state index in [2.05, 4.69) is 59.5 Å². The summed E-state index contributed by atoms with van der Waals surface area (Å²) in [7, 11) is 0. The Hall–Kier alpha value is -1.79. The molecule has 0 atom stereocenters. The number of carbonyl (C=O) groups is 2. The first-order chi connectivity index (χ1) is 12.2. The summed E-state index contributed by atoms with van der Waals surface area (Å²) in [5.41, 5.74) is 6.55. The highest BCUT2D eigenvalue weighted by Crippen LogP contribution is 2.34. The molecule has 1 aliphatic rings. The molecule has 1 fully saturated rings. The van der Waals surface area contributed by atoms with Crippen LogP contribution >= 0.6 is 27.7 Å². The smallest absolute Gasteiger partial charge is 0.293 e. The minimum Gasteiger partial charge on any atom is -0.318 e. The van der Waals surface area contributed by atoms with E-state index < -0.39 is 0 Å².